The fraction of sp³-hybridized carbons (Fsp3) is 0.538. The quantitative estimate of drug-likeness (QED) is 0.727. The molecule has 0 radical (unpaired) electrons. The predicted molar refractivity (Wildman–Crippen MR) is 65.9 cm³/mol. The maximum absolute atomic E-state index is 12.4. The van der Waals surface area contributed by atoms with Crippen molar-refractivity contribution in [2.45, 2.75) is 13.1 Å². The van der Waals surface area contributed by atoms with Crippen LogP contribution in [-0.2, 0) is 6.18 Å². The van der Waals surface area contributed by atoms with Crippen LogP contribution >= 0.6 is 0 Å². The van der Waals surface area contributed by atoms with Crippen LogP contribution < -0.4 is 5.46 Å². The molecule has 0 N–H and O–H groups in total. The molecule has 1 heterocycles. The minimum atomic E-state index is -4.23. The first kappa shape index (κ1) is 12.1. The highest BCUT2D eigenvalue weighted by Crippen LogP contribution is 2.50. The summed E-state index contributed by atoms with van der Waals surface area (Å²) in [6.45, 7) is 4.49. The maximum atomic E-state index is 12.4. The van der Waals surface area contributed by atoms with Gasteiger partial charge in [-0.2, -0.15) is 13.2 Å². The van der Waals surface area contributed by atoms with E-state index in [1.54, 1.807) is 12.1 Å². The molecule has 0 bridgehead atoms. The molecule has 2 fully saturated rings. The second kappa shape index (κ2) is 4.02. The zero-order valence-corrected chi connectivity index (χ0v) is 10.2. The summed E-state index contributed by atoms with van der Waals surface area (Å²) < 4.78 is 37.2. The van der Waals surface area contributed by atoms with Gasteiger partial charge in [0.25, 0.3) is 0 Å². The average Bonchev–Trinajstić information content (AvgIpc) is 2.75. The SMILES string of the molecule is CC1C2CN(Bc3ccc(C(F)(F)F)cc3)CC12. The fourth-order valence-electron chi connectivity index (χ4n) is 3.10. The van der Waals surface area contributed by atoms with Crippen LogP contribution in [0.4, 0.5) is 13.2 Å². The first-order valence-electron chi connectivity index (χ1n) is 6.33. The lowest BCUT2D eigenvalue weighted by molar-refractivity contribution is -0.137. The summed E-state index contributed by atoms with van der Waals surface area (Å²) >= 11 is 0. The van der Waals surface area contributed by atoms with E-state index in [9.17, 15) is 13.2 Å². The highest BCUT2D eigenvalue weighted by molar-refractivity contribution is 6.50. The minimum Gasteiger partial charge on any atom is -0.340 e. The van der Waals surface area contributed by atoms with Crippen molar-refractivity contribution < 1.29 is 13.2 Å². The average molecular weight is 253 g/mol. The van der Waals surface area contributed by atoms with E-state index < -0.39 is 11.7 Å². The van der Waals surface area contributed by atoms with Crippen molar-refractivity contribution in [2.75, 3.05) is 13.1 Å². The van der Waals surface area contributed by atoms with Crippen LogP contribution in [0.25, 0.3) is 0 Å². The predicted octanol–water partition coefficient (Wildman–Crippen LogP) is 1.88. The van der Waals surface area contributed by atoms with Crippen LogP contribution in [0, 0.1) is 17.8 Å². The van der Waals surface area contributed by atoms with Crippen LogP contribution in [0.2, 0.25) is 0 Å². The second-order valence-corrected chi connectivity index (χ2v) is 5.58. The van der Waals surface area contributed by atoms with E-state index in [0.29, 0.717) is 0 Å². The number of hydrogen-bond acceptors (Lipinski definition) is 1. The normalized spacial score (nSPS) is 31.2. The summed E-state index contributed by atoms with van der Waals surface area (Å²) in [4.78, 5) is 2.35. The summed E-state index contributed by atoms with van der Waals surface area (Å²) in [7, 11) is 0.776. The van der Waals surface area contributed by atoms with E-state index in [0.717, 1.165) is 43.7 Å². The third kappa shape index (κ3) is 2.16. The molecule has 1 nitrogen and oxygen atoms in total. The molecule has 1 aromatic rings. The Morgan fingerprint density at radius 1 is 1.11 bits per heavy atom. The molecular formula is C13H15BF3N. The van der Waals surface area contributed by atoms with Gasteiger partial charge in [-0.3, -0.25) is 0 Å². The Balaban J connectivity index is 1.61. The molecule has 1 aromatic carbocycles. The van der Waals surface area contributed by atoms with Crippen molar-refractivity contribution in [3.8, 4) is 0 Å². The van der Waals surface area contributed by atoms with Crippen LogP contribution in [0.1, 0.15) is 12.5 Å². The summed E-state index contributed by atoms with van der Waals surface area (Å²) in [5.74, 6) is 2.52. The van der Waals surface area contributed by atoms with E-state index in [4.69, 9.17) is 0 Å². The largest absolute Gasteiger partial charge is 0.416 e. The maximum Gasteiger partial charge on any atom is 0.416 e. The Bertz CT molecular complexity index is 431. The molecule has 2 unspecified atom stereocenters. The molecular weight excluding hydrogens is 238 g/mol. The van der Waals surface area contributed by atoms with E-state index in [1.807, 2.05) is 0 Å². The molecule has 96 valence electrons. The van der Waals surface area contributed by atoms with Crippen molar-refractivity contribution in [1.29, 1.82) is 0 Å². The van der Waals surface area contributed by atoms with Crippen LogP contribution in [0.3, 0.4) is 0 Å². The molecule has 18 heavy (non-hydrogen) atoms. The van der Waals surface area contributed by atoms with Gasteiger partial charge in [0, 0.05) is 0 Å². The van der Waals surface area contributed by atoms with E-state index in [1.165, 1.54) is 12.1 Å². The number of fused-ring (bicyclic) bond motifs is 1. The van der Waals surface area contributed by atoms with Crippen LogP contribution in [0.15, 0.2) is 24.3 Å². The Morgan fingerprint density at radius 2 is 1.67 bits per heavy atom. The molecule has 1 saturated carbocycles. The summed E-state index contributed by atoms with van der Waals surface area (Å²) in [6, 6.07) is 5.54. The first-order valence-corrected chi connectivity index (χ1v) is 6.33. The molecule has 1 aliphatic heterocycles. The lowest BCUT2D eigenvalue weighted by Gasteiger charge is -2.17. The highest BCUT2D eigenvalue weighted by Gasteiger charge is 2.52. The van der Waals surface area contributed by atoms with E-state index in [-0.39, 0.29) is 0 Å². The number of alkyl halides is 3. The number of rotatable bonds is 2. The summed E-state index contributed by atoms with van der Waals surface area (Å²) in [5, 5.41) is 0. The monoisotopic (exact) mass is 253 g/mol. The minimum absolute atomic E-state index is 0.566. The lowest BCUT2D eigenvalue weighted by atomic mass is 9.80. The molecule has 0 aromatic heterocycles. The second-order valence-electron chi connectivity index (χ2n) is 5.58. The van der Waals surface area contributed by atoms with Gasteiger partial charge in [0.15, 0.2) is 0 Å². The molecule has 0 spiro atoms. The van der Waals surface area contributed by atoms with Crippen molar-refractivity contribution in [3.63, 3.8) is 0 Å². The summed E-state index contributed by atoms with van der Waals surface area (Å²) in [5.41, 5.74) is 0.404. The van der Waals surface area contributed by atoms with Crippen molar-refractivity contribution in [3.05, 3.63) is 29.8 Å². The number of halogens is 3. The van der Waals surface area contributed by atoms with Gasteiger partial charge >= 0.3 is 6.18 Å². The van der Waals surface area contributed by atoms with E-state index in [2.05, 4.69) is 11.7 Å². The summed E-state index contributed by atoms with van der Waals surface area (Å²) in [6.07, 6.45) is -4.23. The molecule has 2 aliphatic rings. The Hall–Kier alpha value is -0.965. The number of piperidine rings is 1. The number of hydrogen-bond donors (Lipinski definition) is 0. The standard InChI is InChI=1S/C13H15BF3N/c1-8-11-6-18(7-12(8)11)14-10-4-2-9(3-5-10)13(15,16)17/h2-5,8,11-12,14H,6-7H2,1H3. The molecule has 1 aliphatic carbocycles. The van der Waals surface area contributed by atoms with Gasteiger partial charge in [0.05, 0.1) is 5.56 Å². The molecule has 1 saturated heterocycles. The molecule has 2 atom stereocenters. The zero-order chi connectivity index (χ0) is 12.9. The van der Waals surface area contributed by atoms with E-state index >= 15 is 0 Å². The molecule has 0 amide bonds. The van der Waals surface area contributed by atoms with Gasteiger partial charge in [0.2, 0.25) is 7.41 Å². The van der Waals surface area contributed by atoms with Gasteiger partial charge in [-0.15, -0.1) is 0 Å². The van der Waals surface area contributed by atoms with Gasteiger partial charge in [-0.05, 0) is 30.8 Å². The smallest absolute Gasteiger partial charge is 0.340 e. The van der Waals surface area contributed by atoms with Crippen molar-refractivity contribution in [2.24, 2.45) is 17.8 Å². The first-order chi connectivity index (χ1) is 8.45. The van der Waals surface area contributed by atoms with Gasteiger partial charge in [-0.25, -0.2) is 0 Å². The van der Waals surface area contributed by atoms with Crippen molar-refractivity contribution in [1.82, 2.24) is 4.81 Å². The van der Waals surface area contributed by atoms with Gasteiger partial charge in [-0.1, -0.05) is 36.7 Å². The third-order valence-electron chi connectivity index (χ3n) is 4.39. The Morgan fingerprint density at radius 3 is 2.17 bits per heavy atom. The number of benzene rings is 1. The zero-order valence-electron chi connectivity index (χ0n) is 10.2. The third-order valence-corrected chi connectivity index (χ3v) is 4.39. The Kier molecular flexibility index (Phi) is 2.70. The topological polar surface area (TPSA) is 3.24 Å². The van der Waals surface area contributed by atoms with Gasteiger partial charge in [0.1, 0.15) is 0 Å². The van der Waals surface area contributed by atoms with Crippen molar-refractivity contribution >= 4 is 12.9 Å². The highest BCUT2D eigenvalue weighted by atomic mass is 19.4. The lowest BCUT2D eigenvalue weighted by Crippen LogP contribution is -2.36. The van der Waals surface area contributed by atoms with Gasteiger partial charge < -0.3 is 4.81 Å². The van der Waals surface area contributed by atoms with Crippen LogP contribution in [-0.4, -0.2) is 25.3 Å². The van der Waals surface area contributed by atoms with Crippen LogP contribution in [0.5, 0.6) is 0 Å². The number of nitrogens with zero attached hydrogens (tertiary/aromatic N) is 1. The Labute approximate surface area is 105 Å². The molecule has 3 rings (SSSR count). The molecule has 5 heteroatoms. The fourth-order valence-corrected chi connectivity index (χ4v) is 3.10.